The first kappa shape index (κ1) is 60.6. The Kier molecular flexibility index (Phi) is 51.0. The molecule has 0 aliphatic rings. The summed E-state index contributed by atoms with van der Waals surface area (Å²) in [5.41, 5.74) is 0. The Morgan fingerprint density at radius 3 is 1.20 bits per heavy atom. The topological polar surface area (TPSA) is 61.8 Å². The zero-order valence-electron chi connectivity index (χ0n) is 41.8. The van der Waals surface area contributed by atoms with E-state index in [1.54, 1.807) is 0 Å². The number of hydrogen-bond donors (Lipinski definition) is 0. The first-order valence-electron chi connectivity index (χ1n) is 26.4. The molecule has 0 spiro atoms. The summed E-state index contributed by atoms with van der Waals surface area (Å²) >= 11 is 0. The molecule has 64 heavy (non-hydrogen) atoms. The predicted octanol–water partition coefficient (Wildman–Crippen LogP) is 18.0. The van der Waals surface area contributed by atoms with E-state index in [9.17, 15) is 9.59 Å². The molecule has 0 amide bonds. The zero-order valence-corrected chi connectivity index (χ0v) is 41.8. The molecule has 1 unspecified atom stereocenters. The van der Waals surface area contributed by atoms with Crippen LogP contribution in [0.25, 0.3) is 0 Å². The van der Waals surface area contributed by atoms with Gasteiger partial charge in [-0.15, -0.1) is 0 Å². The van der Waals surface area contributed by atoms with Gasteiger partial charge in [-0.25, -0.2) is 0 Å². The van der Waals surface area contributed by atoms with Crippen molar-refractivity contribution in [3.63, 3.8) is 0 Å². The molecule has 0 saturated heterocycles. The van der Waals surface area contributed by atoms with Crippen LogP contribution in [0.3, 0.4) is 0 Å². The van der Waals surface area contributed by atoms with Crippen molar-refractivity contribution in [1.29, 1.82) is 0 Å². The maximum Gasteiger partial charge on any atom is 0.309 e. The molecule has 0 bridgehead atoms. The Balaban J connectivity index is 4.43. The molecule has 0 aromatic carbocycles. The number of hydrogen-bond acceptors (Lipinski definition) is 5. The quantitative estimate of drug-likeness (QED) is 0.0346. The number of ether oxygens (including phenoxy) is 3. The van der Waals surface area contributed by atoms with Gasteiger partial charge in [-0.2, -0.15) is 0 Å². The van der Waals surface area contributed by atoms with Crippen molar-refractivity contribution in [3.8, 4) is 0 Å². The Morgan fingerprint density at radius 2 is 0.750 bits per heavy atom. The van der Waals surface area contributed by atoms with Crippen molar-refractivity contribution in [2.75, 3.05) is 19.8 Å². The van der Waals surface area contributed by atoms with E-state index in [2.05, 4.69) is 118 Å². The molecule has 0 aromatic heterocycles. The minimum atomic E-state index is -0.591. The van der Waals surface area contributed by atoms with E-state index in [0.717, 1.165) is 96.3 Å². The van der Waals surface area contributed by atoms with Crippen LogP contribution < -0.4 is 0 Å². The van der Waals surface area contributed by atoms with Crippen molar-refractivity contribution in [2.24, 2.45) is 0 Å². The molecule has 0 rings (SSSR count). The first-order valence-corrected chi connectivity index (χ1v) is 26.4. The summed E-state index contributed by atoms with van der Waals surface area (Å²) in [4.78, 5) is 25.4. The summed E-state index contributed by atoms with van der Waals surface area (Å²) in [6.45, 7) is 7.46. The molecule has 0 heterocycles. The van der Waals surface area contributed by atoms with Crippen LogP contribution in [0.1, 0.15) is 226 Å². The van der Waals surface area contributed by atoms with Crippen LogP contribution in [0.4, 0.5) is 0 Å². The van der Waals surface area contributed by atoms with Crippen LogP contribution in [0.2, 0.25) is 0 Å². The Labute approximate surface area is 395 Å². The van der Waals surface area contributed by atoms with Gasteiger partial charge in [0.15, 0.2) is 6.10 Å². The molecule has 364 valence electrons. The summed E-state index contributed by atoms with van der Waals surface area (Å²) < 4.78 is 17.3. The molecule has 0 aromatic rings. The monoisotopic (exact) mass is 887 g/mol. The predicted molar refractivity (Wildman–Crippen MR) is 279 cm³/mol. The minimum absolute atomic E-state index is 0.0193. The summed E-state index contributed by atoms with van der Waals surface area (Å²) in [7, 11) is 0. The van der Waals surface area contributed by atoms with Gasteiger partial charge >= 0.3 is 11.9 Å². The second-order valence-electron chi connectivity index (χ2n) is 17.0. The molecule has 0 aliphatic heterocycles. The van der Waals surface area contributed by atoms with E-state index in [1.165, 1.54) is 96.3 Å². The number of allylic oxidation sites excluding steroid dienone is 17. The van der Waals surface area contributed by atoms with Crippen LogP contribution in [-0.4, -0.2) is 37.9 Å². The van der Waals surface area contributed by atoms with E-state index in [4.69, 9.17) is 14.2 Å². The van der Waals surface area contributed by atoms with E-state index < -0.39 is 6.10 Å². The van der Waals surface area contributed by atoms with Crippen LogP contribution in [0.15, 0.2) is 109 Å². The molecule has 0 aliphatic carbocycles. The smallest absolute Gasteiger partial charge is 0.309 e. The molecule has 5 heteroatoms. The number of rotatable bonds is 47. The average molecular weight is 887 g/mol. The molecule has 0 saturated carbocycles. The van der Waals surface area contributed by atoms with E-state index in [-0.39, 0.29) is 31.6 Å². The van der Waals surface area contributed by atoms with Crippen molar-refractivity contribution in [2.45, 2.75) is 232 Å². The van der Waals surface area contributed by atoms with E-state index in [1.807, 2.05) is 12.2 Å². The third-order valence-corrected chi connectivity index (χ3v) is 10.8. The highest BCUT2D eigenvalue weighted by atomic mass is 16.6. The van der Waals surface area contributed by atoms with Crippen LogP contribution >= 0.6 is 0 Å². The van der Waals surface area contributed by atoms with Gasteiger partial charge in [0.2, 0.25) is 0 Å². The van der Waals surface area contributed by atoms with Crippen LogP contribution in [-0.2, 0) is 23.8 Å². The first-order chi connectivity index (χ1) is 31.6. The molecular weight excluding hydrogens is 789 g/mol. The van der Waals surface area contributed by atoms with Crippen LogP contribution in [0, 0.1) is 0 Å². The maximum atomic E-state index is 12.8. The molecule has 0 fully saturated rings. The highest BCUT2D eigenvalue weighted by Gasteiger charge is 2.17. The lowest BCUT2D eigenvalue weighted by Gasteiger charge is -2.18. The van der Waals surface area contributed by atoms with Gasteiger partial charge in [-0.3, -0.25) is 9.59 Å². The third kappa shape index (κ3) is 51.2. The van der Waals surface area contributed by atoms with Gasteiger partial charge in [-0.1, -0.05) is 239 Å². The van der Waals surface area contributed by atoms with Gasteiger partial charge in [-0.05, 0) is 83.5 Å². The Morgan fingerprint density at radius 1 is 0.375 bits per heavy atom. The highest BCUT2D eigenvalue weighted by Crippen LogP contribution is 2.15. The van der Waals surface area contributed by atoms with Crippen molar-refractivity contribution >= 4 is 11.9 Å². The van der Waals surface area contributed by atoms with Gasteiger partial charge in [0, 0.05) is 13.0 Å². The number of esters is 2. The second-order valence-corrected chi connectivity index (χ2v) is 17.0. The summed E-state index contributed by atoms with van der Waals surface area (Å²) in [6.07, 6.45) is 74.1. The van der Waals surface area contributed by atoms with Gasteiger partial charge < -0.3 is 14.2 Å². The summed E-state index contributed by atoms with van der Waals surface area (Å²) in [6, 6.07) is 0. The fourth-order valence-electron chi connectivity index (χ4n) is 6.99. The van der Waals surface area contributed by atoms with Crippen molar-refractivity contribution < 1.29 is 23.8 Å². The lowest BCUT2D eigenvalue weighted by atomic mass is 10.0. The largest absolute Gasteiger partial charge is 0.461 e. The van der Waals surface area contributed by atoms with Gasteiger partial charge in [0.25, 0.3) is 0 Å². The molecular formula is C59H98O5. The lowest BCUT2D eigenvalue weighted by molar-refractivity contribution is -0.162. The molecule has 5 nitrogen and oxygen atoms in total. The Hall–Kier alpha value is -3.44. The normalized spacial score (nSPS) is 13.1. The van der Waals surface area contributed by atoms with Crippen molar-refractivity contribution in [1.82, 2.24) is 0 Å². The standard InChI is InChI=1S/C59H98O5/c1-4-7-10-13-16-19-22-25-28-29-30-33-36-39-42-45-48-51-54-62-55-57(64-59(61)53-50-47-44-41-38-35-32-27-24-21-18-15-12-9-6-3)56-63-58(60)52-49-46-43-40-37-34-31-26-23-20-17-14-11-8-5-2/h7-8,10-11,16-17,19-20,25-26,28,30-31,33,37,40,46,49,57H,4-6,9,12-15,18,21-24,27,29,32,34-36,38-39,41-45,47-48,50-56H2,1-3H3/b10-7-,11-8-,19-16-,20-17-,28-25-,31-26-,33-30-,40-37-,49-46-. The second kappa shape index (κ2) is 53.9. The van der Waals surface area contributed by atoms with Crippen molar-refractivity contribution in [3.05, 3.63) is 109 Å². The summed E-state index contributed by atoms with van der Waals surface area (Å²) in [5.74, 6) is -0.555. The lowest BCUT2D eigenvalue weighted by Crippen LogP contribution is -2.30. The minimum Gasteiger partial charge on any atom is -0.461 e. The number of unbranched alkanes of at least 4 members (excludes halogenated alkanes) is 19. The fourth-order valence-corrected chi connectivity index (χ4v) is 6.99. The average Bonchev–Trinajstić information content (AvgIpc) is 3.30. The fraction of sp³-hybridized carbons (Fsp3) is 0.661. The number of carbonyl (C=O) groups is 2. The SMILES string of the molecule is CC/C=C\C/C=C\C/C=C\C/C=C\C/C=C\CC(=O)OCC(COCCCCCCC/C=C\C/C=C\C/C=C\C/C=C\CC)OC(=O)CCCCCCCCCCCCCCCCC. The van der Waals surface area contributed by atoms with Gasteiger partial charge in [0.05, 0.1) is 13.0 Å². The van der Waals surface area contributed by atoms with E-state index >= 15 is 0 Å². The zero-order chi connectivity index (χ0) is 46.3. The summed E-state index contributed by atoms with van der Waals surface area (Å²) in [5, 5.41) is 0. The third-order valence-electron chi connectivity index (χ3n) is 10.8. The van der Waals surface area contributed by atoms with Crippen LogP contribution in [0.5, 0.6) is 0 Å². The maximum absolute atomic E-state index is 12.8. The molecule has 1 atom stereocenters. The highest BCUT2D eigenvalue weighted by molar-refractivity contribution is 5.71. The Bertz CT molecular complexity index is 1280. The molecule has 0 radical (unpaired) electrons. The van der Waals surface area contributed by atoms with E-state index in [0.29, 0.717) is 13.0 Å². The van der Waals surface area contributed by atoms with Gasteiger partial charge in [0.1, 0.15) is 6.61 Å². The number of carbonyl (C=O) groups excluding carboxylic acids is 2. The molecule has 0 N–H and O–H groups in total.